The minimum absolute atomic E-state index is 0.587. The second kappa shape index (κ2) is 6.95. The highest BCUT2D eigenvalue weighted by Crippen LogP contribution is 2.22. The Kier molecular flexibility index (Phi) is 4.77. The summed E-state index contributed by atoms with van der Waals surface area (Å²) in [4.78, 5) is 13.5. The van der Waals surface area contributed by atoms with Crippen molar-refractivity contribution in [2.45, 2.75) is 25.3 Å². The molecule has 0 N–H and O–H groups in total. The highest BCUT2D eigenvalue weighted by Gasteiger charge is 2.23. The van der Waals surface area contributed by atoms with Gasteiger partial charge in [0.1, 0.15) is 6.33 Å². The average Bonchev–Trinajstić information content (AvgIpc) is 3.08. The highest BCUT2D eigenvalue weighted by atomic mass is 32.1. The van der Waals surface area contributed by atoms with Crippen LogP contribution in [0.2, 0.25) is 0 Å². The van der Waals surface area contributed by atoms with Crippen molar-refractivity contribution in [3.63, 3.8) is 0 Å². The van der Waals surface area contributed by atoms with E-state index >= 15 is 0 Å². The van der Waals surface area contributed by atoms with Gasteiger partial charge in [0.05, 0.1) is 0 Å². The van der Waals surface area contributed by atoms with Crippen LogP contribution in [0.25, 0.3) is 0 Å². The zero-order chi connectivity index (χ0) is 14.5. The quantitative estimate of drug-likeness (QED) is 0.846. The van der Waals surface area contributed by atoms with Gasteiger partial charge in [-0.25, -0.2) is 4.98 Å². The van der Waals surface area contributed by atoms with Gasteiger partial charge in [-0.1, -0.05) is 6.07 Å². The molecule has 21 heavy (non-hydrogen) atoms. The fourth-order valence-corrected chi connectivity index (χ4v) is 3.39. The van der Waals surface area contributed by atoms with Crippen molar-refractivity contribution in [2.24, 2.45) is 0 Å². The molecular formula is C15H21N5S. The lowest BCUT2D eigenvalue weighted by Crippen LogP contribution is -2.44. The molecule has 1 fully saturated rings. The van der Waals surface area contributed by atoms with E-state index in [1.54, 1.807) is 6.33 Å². The number of hydrogen-bond acceptors (Lipinski definition) is 6. The Balaban J connectivity index is 1.45. The highest BCUT2D eigenvalue weighted by molar-refractivity contribution is 7.09. The summed E-state index contributed by atoms with van der Waals surface area (Å²) in [5.41, 5.74) is 1.19. The second-order valence-electron chi connectivity index (χ2n) is 5.48. The van der Waals surface area contributed by atoms with Gasteiger partial charge in [-0.3, -0.25) is 4.98 Å². The SMILES string of the molecule is CN(c1ncns1)C1CCN(CCc2ccccn2)CC1. The molecule has 0 aromatic carbocycles. The van der Waals surface area contributed by atoms with Crippen molar-refractivity contribution < 1.29 is 0 Å². The molecule has 112 valence electrons. The maximum atomic E-state index is 4.39. The minimum Gasteiger partial charge on any atom is -0.347 e. The van der Waals surface area contributed by atoms with Crippen molar-refractivity contribution in [1.29, 1.82) is 0 Å². The Hall–Kier alpha value is -1.53. The molecule has 0 atom stereocenters. The predicted molar refractivity (Wildman–Crippen MR) is 85.7 cm³/mol. The third kappa shape index (κ3) is 3.77. The number of pyridine rings is 1. The standard InChI is InChI=1S/C15H21N5S/c1-19(15-17-12-18-21-15)14-6-10-20(11-7-14)9-5-13-4-2-3-8-16-13/h2-4,8,12,14H,5-7,9-11H2,1H3. The summed E-state index contributed by atoms with van der Waals surface area (Å²) in [5, 5.41) is 1.03. The van der Waals surface area contributed by atoms with Crippen molar-refractivity contribution >= 4 is 16.7 Å². The molecule has 2 aromatic heterocycles. The van der Waals surface area contributed by atoms with Crippen LogP contribution in [0.3, 0.4) is 0 Å². The van der Waals surface area contributed by atoms with Crippen LogP contribution < -0.4 is 4.90 Å². The van der Waals surface area contributed by atoms with Crippen LogP contribution in [0.15, 0.2) is 30.7 Å². The van der Waals surface area contributed by atoms with Crippen LogP contribution in [-0.2, 0) is 6.42 Å². The van der Waals surface area contributed by atoms with E-state index in [1.165, 1.54) is 30.1 Å². The van der Waals surface area contributed by atoms with Gasteiger partial charge >= 0.3 is 0 Å². The van der Waals surface area contributed by atoms with Crippen LogP contribution in [0, 0.1) is 0 Å². The van der Waals surface area contributed by atoms with Gasteiger partial charge in [-0.15, -0.1) is 0 Å². The Morgan fingerprint density at radius 2 is 2.14 bits per heavy atom. The Labute approximate surface area is 129 Å². The molecule has 0 unspecified atom stereocenters. The predicted octanol–water partition coefficient (Wildman–Crippen LogP) is 2.08. The molecule has 6 heteroatoms. The Morgan fingerprint density at radius 3 is 2.81 bits per heavy atom. The molecule has 0 spiro atoms. The summed E-state index contributed by atoms with van der Waals surface area (Å²) in [6.07, 6.45) is 6.94. The zero-order valence-corrected chi connectivity index (χ0v) is 13.2. The molecule has 2 aromatic rings. The number of aromatic nitrogens is 3. The van der Waals surface area contributed by atoms with Crippen LogP contribution in [0.4, 0.5) is 5.13 Å². The van der Waals surface area contributed by atoms with E-state index in [0.717, 1.165) is 31.2 Å². The number of nitrogens with zero attached hydrogens (tertiary/aromatic N) is 5. The molecule has 5 nitrogen and oxygen atoms in total. The van der Waals surface area contributed by atoms with Gasteiger partial charge < -0.3 is 9.80 Å². The van der Waals surface area contributed by atoms with Gasteiger partial charge in [0, 0.05) is 62.6 Å². The van der Waals surface area contributed by atoms with Crippen LogP contribution in [0.5, 0.6) is 0 Å². The van der Waals surface area contributed by atoms with E-state index in [9.17, 15) is 0 Å². The van der Waals surface area contributed by atoms with Gasteiger partial charge in [-0.2, -0.15) is 4.37 Å². The lowest BCUT2D eigenvalue weighted by Gasteiger charge is -2.36. The van der Waals surface area contributed by atoms with Gasteiger partial charge in [0.2, 0.25) is 5.13 Å². The summed E-state index contributed by atoms with van der Waals surface area (Å²) in [7, 11) is 2.13. The lowest BCUT2D eigenvalue weighted by molar-refractivity contribution is 0.212. The van der Waals surface area contributed by atoms with E-state index in [0.29, 0.717) is 6.04 Å². The normalized spacial score (nSPS) is 17.0. The Bertz CT molecular complexity index is 522. The van der Waals surface area contributed by atoms with Gasteiger partial charge in [0.25, 0.3) is 0 Å². The van der Waals surface area contributed by atoms with E-state index in [-0.39, 0.29) is 0 Å². The maximum Gasteiger partial charge on any atom is 0.204 e. The number of anilines is 1. The molecule has 0 radical (unpaired) electrons. The molecule has 1 aliphatic heterocycles. The summed E-state index contributed by atoms with van der Waals surface area (Å²) < 4.78 is 4.09. The van der Waals surface area contributed by atoms with Crippen LogP contribution in [-0.4, -0.2) is 52.0 Å². The molecule has 1 saturated heterocycles. The van der Waals surface area contributed by atoms with Crippen molar-refractivity contribution in [3.8, 4) is 0 Å². The lowest BCUT2D eigenvalue weighted by atomic mass is 10.0. The first-order valence-electron chi connectivity index (χ1n) is 7.44. The largest absolute Gasteiger partial charge is 0.347 e. The van der Waals surface area contributed by atoms with Crippen molar-refractivity contribution in [3.05, 3.63) is 36.4 Å². The third-order valence-corrected chi connectivity index (χ3v) is 4.92. The number of hydrogen-bond donors (Lipinski definition) is 0. The first-order valence-corrected chi connectivity index (χ1v) is 8.22. The van der Waals surface area contributed by atoms with E-state index in [2.05, 4.69) is 43.3 Å². The maximum absolute atomic E-state index is 4.39. The van der Waals surface area contributed by atoms with Crippen molar-refractivity contribution in [1.82, 2.24) is 19.2 Å². The molecule has 3 heterocycles. The molecule has 0 amide bonds. The summed E-state index contributed by atoms with van der Waals surface area (Å²) >= 11 is 1.48. The topological polar surface area (TPSA) is 45.2 Å². The van der Waals surface area contributed by atoms with Gasteiger partial charge in [0.15, 0.2) is 0 Å². The number of likely N-dealkylation sites (tertiary alicyclic amines) is 1. The average molecular weight is 303 g/mol. The summed E-state index contributed by atoms with van der Waals surface area (Å²) in [5.74, 6) is 0. The first kappa shape index (κ1) is 14.4. The fourth-order valence-electron chi connectivity index (χ4n) is 2.83. The zero-order valence-electron chi connectivity index (χ0n) is 12.4. The van der Waals surface area contributed by atoms with E-state index in [4.69, 9.17) is 0 Å². The summed E-state index contributed by atoms with van der Waals surface area (Å²) in [6.45, 7) is 3.41. The third-order valence-electron chi connectivity index (χ3n) is 4.17. The molecular weight excluding hydrogens is 282 g/mol. The first-order chi connectivity index (χ1) is 10.3. The monoisotopic (exact) mass is 303 g/mol. The molecule has 0 aliphatic carbocycles. The van der Waals surface area contributed by atoms with E-state index in [1.807, 2.05) is 12.3 Å². The summed E-state index contributed by atoms with van der Waals surface area (Å²) in [6, 6.07) is 6.73. The Morgan fingerprint density at radius 1 is 1.29 bits per heavy atom. The molecule has 3 rings (SSSR count). The molecule has 0 saturated carbocycles. The smallest absolute Gasteiger partial charge is 0.204 e. The van der Waals surface area contributed by atoms with Gasteiger partial charge in [-0.05, 0) is 25.0 Å². The number of rotatable bonds is 5. The minimum atomic E-state index is 0.587. The number of piperidine rings is 1. The van der Waals surface area contributed by atoms with Crippen LogP contribution in [0.1, 0.15) is 18.5 Å². The second-order valence-corrected chi connectivity index (χ2v) is 6.24. The van der Waals surface area contributed by atoms with Crippen LogP contribution >= 0.6 is 11.5 Å². The fraction of sp³-hybridized carbons (Fsp3) is 0.533. The van der Waals surface area contributed by atoms with Crippen molar-refractivity contribution in [2.75, 3.05) is 31.6 Å². The molecule has 0 bridgehead atoms. The van der Waals surface area contributed by atoms with E-state index < -0.39 is 0 Å². The molecule has 1 aliphatic rings.